The van der Waals surface area contributed by atoms with Crippen molar-refractivity contribution in [3.63, 3.8) is 0 Å². The molecule has 142 valence electrons. The number of nitrogens with one attached hydrogen (secondary N) is 1. The van der Waals surface area contributed by atoms with Crippen LogP contribution < -0.4 is 11.1 Å². The van der Waals surface area contributed by atoms with Crippen molar-refractivity contribution in [2.24, 2.45) is 5.73 Å². The van der Waals surface area contributed by atoms with Crippen LogP contribution in [0, 0.1) is 0 Å². The molecule has 28 heavy (non-hydrogen) atoms. The second-order valence-corrected chi connectivity index (χ2v) is 6.51. The quantitative estimate of drug-likeness (QED) is 0.592. The first-order valence-corrected chi connectivity index (χ1v) is 9.30. The average molecular weight is 438 g/mol. The van der Waals surface area contributed by atoms with E-state index in [0.29, 0.717) is 12.1 Å². The van der Waals surface area contributed by atoms with E-state index in [1.54, 1.807) is 42.7 Å². The predicted molar refractivity (Wildman–Crippen MR) is 114 cm³/mol. The summed E-state index contributed by atoms with van der Waals surface area (Å²) in [6.07, 6.45) is 6.26. The van der Waals surface area contributed by atoms with Gasteiger partial charge in [-0.15, -0.1) is 0 Å². The van der Waals surface area contributed by atoms with Crippen molar-refractivity contribution < 1.29 is 9.59 Å². The van der Waals surface area contributed by atoms with Gasteiger partial charge in [-0.1, -0.05) is 52.3 Å². The number of carbonyl (C=O) groups is 2. The Morgan fingerprint density at radius 1 is 0.964 bits per heavy atom. The lowest BCUT2D eigenvalue weighted by Crippen LogP contribution is -2.22. The van der Waals surface area contributed by atoms with E-state index < -0.39 is 5.91 Å². The summed E-state index contributed by atoms with van der Waals surface area (Å²) in [4.78, 5) is 25.9. The van der Waals surface area contributed by atoms with Crippen LogP contribution in [0.5, 0.6) is 0 Å². The number of hydrogen-bond acceptors (Lipinski definition) is 3. The fourth-order valence-corrected chi connectivity index (χ4v) is 2.59. The molecule has 0 saturated heterocycles. The van der Waals surface area contributed by atoms with Gasteiger partial charge in [-0.3, -0.25) is 14.6 Å². The van der Waals surface area contributed by atoms with Gasteiger partial charge in [0.15, 0.2) is 0 Å². The molecule has 0 radical (unpaired) electrons. The van der Waals surface area contributed by atoms with Gasteiger partial charge in [0.25, 0.3) is 5.91 Å². The van der Waals surface area contributed by atoms with Crippen molar-refractivity contribution in [3.05, 3.63) is 106 Å². The first-order chi connectivity index (χ1) is 13.6. The molecule has 3 aromatic rings. The van der Waals surface area contributed by atoms with Crippen LogP contribution in [0.3, 0.4) is 0 Å². The number of benzene rings is 2. The third-order valence-corrected chi connectivity index (χ3v) is 4.35. The molecule has 5 nitrogen and oxygen atoms in total. The molecular weight excluding hydrogens is 418 g/mol. The highest BCUT2D eigenvalue weighted by Gasteiger charge is 2.05. The van der Waals surface area contributed by atoms with Gasteiger partial charge in [-0.05, 0) is 47.5 Å². The molecule has 0 bridgehead atoms. The molecule has 0 unspecified atom stereocenters. The topological polar surface area (TPSA) is 85.1 Å². The second-order valence-electron chi connectivity index (χ2n) is 5.66. The lowest BCUT2D eigenvalue weighted by molar-refractivity contribution is -0.113. The SMILES string of the molecule is NC(=O)/C=C/c1ccncc1.O=C(NCc1ccccc1Br)c1ccccc1. The normalized spacial score (nSPS) is 10.0. The van der Waals surface area contributed by atoms with Gasteiger partial charge >= 0.3 is 0 Å². The highest BCUT2D eigenvalue weighted by molar-refractivity contribution is 9.10. The Balaban J connectivity index is 0.000000221. The summed E-state index contributed by atoms with van der Waals surface area (Å²) >= 11 is 3.45. The number of primary amides is 1. The van der Waals surface area contributed by atoms with Crippen molar-refractivity contribution in [1.29, 1.82) is 0 Å². The molecule has 3 N–H and O–H groups in total. The lowest BCUT2D eigenvalue weighted by Gasteiger charge is -2.06. The summed E-state index contributed by atoms with van der Waals surface area (Å²) in [5.74, 6) is -0.497. The Labute approximate surface area is 172 Å². The summed E-state index contributed by atoms with van der Waals surface area (Å²) in [5, 5.41) is 2.89. The fourth-order valence-electron chi connectivity index (χ4n) is 2.16. The first-order valence-electron chi connectivity index (χ1n) is 8.50. The van der Waals surface area contributed by atoms with Gasteiger partial charge in [0.05, 0.1) is 0 Å². The maximum absolute atomic E-state index is 11.8. The standard InChI is InChI=1S/C14H12BrNO.C8H8N2O/c15-13-9-5-4-8-12(13)10-16-14(17)11-6-2-1-3-7-11;9-8(11)2-1-7-3-5-10-6-4-7/h1-9H,10H2,(H,16,17);1-6H,(H2,9,11)/b;2-1+. The number of halogens is 1. The van der Waals surface area contributed by atoms with E-state index in [0.717, 1.165) is 15.6 Å². The molecular formula is C22H20BrN3O2. The number of carbonyl (C=O) groups excluding carboxylic acids is 2. The zero-order valence-corrected chi connectivity index (χ0v) is 16.7. The summed E-state index contributed by atoms with van der Waals surface area (Å²) in [5.41, 5.74) is 7.56. The first kappa shape index (κ1) is 21.1. The van der Waals surface area contributed by atoms with Crippen LogP contribution in [0.25, 0.3) is 6.08 Å². The van der Waals surface area contributed by atoms with E-state index in [2.05, 4.69) is 26.2 Å². The van der Waals surface area contributed by atoms with Gasteiger partial charge in [-0.2, -0.15) is 0 Å². The molecule has 0 spiro atoms. The molecule has 2 amide bonds. The van der Waals surface area contributed by atoms with Gasteiger partial charge in [-0.25, -0.2) is 0 Å². The van der Waals surface area contributed by atoms with Gasteiger partial charge in [0, 0.05) is 35.1 Å². The van der Waals surface area contributed by atoms with E-state index in [9.17, 15) is 9.59 Å². The zero-order chi connectivity index (χ0) is 20.2. The minimum atomic E-state index is -0.443. The molecule has 0 saturated carbocycles. The van der Waals surface area contributed by atoms with E-state index in [1.165, 1.54) is 6.08 Å². The van der Waals surface area contributed by atoms with Crippen LogP contribution in [0.2, 0.25) is 0 Å². The molecule has 0 aliphatic heterocycles. The van der Waals surface area contributed by atoms with Crippen molar-refractivity contribution >= 4 is 33.8 Å². The Kier molecular flexibility index (Phi) is 8.62. The monoisotopic (exact) mass is 437 g/mol. The largest absolute Gasteiger partial charge is 0.366 e. The van der Waals surface area contributed by atoms with E-state index >= 15 is 0 Å². The Morgan fingerprint density at radius 3 is 2.25 bits per heavy atom. The minimum absolute atomic E-state index is 0.0543. The molecule has 1 heterocycles. The van der Waals surface area contributed by atoms with Gasteiger partial charge in [0.1, 0.15) is 0 Å². The third-order valence-electron chi connectivity index (χ3n) is 3.58. The van der Waals surface area contributed by atoms with Crippen LogP contribution in [-0.2, 0) is 11.3 Å². The highest BCUT2D eigenvalue weighted by Crippen LogP contribution is 2.15. The van der Waals surface area contributed by atoms with Crippen molar-refractivity contribution in [3.8, 4) is 0 Å². The number of nitrogens with two attached hydrogens (primary N) is 1. The molecule has 1 aromatic heterocycles. The number of amides is 2. The molecule has 0 atom stereocenters. The third kappa shape index (κ3) is 7.55. The summed E-state index contributed by atoms with van der Waals surface area (Å²) < 4.78 is 1.01. The lowest BCUT2D eigenvalue weighted by atomic mass is 10.2. The van der Waals surface area contributed by atoms with Crippen molar-refractivity contribution in [2.75, 3.05) is 0 Å². The number of nitrogens with zero attached hydrogens (tertiary/aromatic N) is 1. The van der Waals surface area contributed by atoms with Gasteiger partial charge < -0.3 is 11.1 Å². The minimum Gasteiger partial charge on any atom is -0.366 e. The Bertz CT molecular complexity index is 929. The molecule has 0 fully saturated rings. The number of pyridine rings is 1. The number of aromatic nitrogens is 1. The molecule has 2 aromatic carbocycles. The molecule has 6 heteroatoms. The van der Waals surface area contributed by atoms with Crippen LogP contribution in [0.1, 0.15) is 21.5 Å². The summed E-state index contributed by atoms with van der Waals surface area (Å²) in [6.45, 7) is 0.523. The smallest absolute Gasteiger partial charge is 0.251 e. The maximum Gasteiger partial charge on any atom is 0.251 e. The van der Waals surface area contributed by atoms with Crippen molar-refractivity contribution in [2.45, 2.75) is 6.54 Å². The predicted octanol–water partition coefficient (Wildman–Crippen LogP) is 3.96. The van der Waals surface area contributed by atoms with Crippen LogP contribution in [0.15, 0.2) is 89.7 Å². The summed E-state index contributed by atoms with van der Waals surface area (Å²) in [6, 6.07) is 20.6. The second kappa shape index (κ2) is 11.5. The highest BCUT2D eigenvalue weighted by atomic mass is 79.9. The summed E-state index contributed by atoms with van der Waals surface area (Å²) in [7, 11) is 0. The number of hydrogen-bond donors (Lipinski definition) is 2. The fraction of sp³-hybridized carbons (Fsp3) is 0.0455. The molecule has 0 aliphatic rings. The zero-order valence-electron chi connectivity index (χ0n) is 15.1. The van der Waals surface area contributed by atoms with E-state index in [4.69, 9.17) is 5.73 Å². The number of rotatable bonds is 5. The van der Waals surface area contributed by atoms with Crippen LogP contribution in [0.4, 0.5) is 0 Å². The average Bonchev–Trinajstić information content (AvgIpc) is 2.73. The molecule has 3 rings (SSSR count). The maximum atomic E-state index is 11.8. The van der Waals surface area contributed by atoms with Gasteiger partial charge in [0.2, 0.25) is 5.91 Å². The Hall–Kier alpha value is -3.25. The Morgan fingerprint density at radius 2 is 1.61 bits per heavy atom. The molecule has 0 aliphatic carbocycles. The van der Waals surface area contributed by atoms with E-state index in [-0.39, 0.29) is 5.91 Å². The van der Waals surface area contributed by atoms with Crippen LogP contribution >= 0.6 is 15.9 Å². The van der Waals surface area contributed by atoms with Crippen LogP contribution in [-0.4, -0.2) is 16.8 Å². The van der Waals surface area contributed by atoms with Crippen molar-refractivity contribution in [1.82, 2.24) is 10.3 Å². The van der Waals surface area contributed by atoms with E-state index in [1.807, 2.05) is 42.5 Å².